The molecule has 1 heterocycles. The second-order valence-corrected chi connectivity index (χ2v) is 2.94. The first-order valence-electron chi connectivity index (χ1n) is 3.78. The van der Waals surface area contributed by atoms with Gasteiger partial charge < -0.3 is 4.90 Å². The number of likely N-dealkylation sites (tertiary alicyclic amines) is 1. The Morgan fingerprint density at radius 3 is 2.17 bits per heavy atom. The molecular weight excluding hydrogens is 171 g/mol. The van der Waals surface area contributed by atoms with E-state index in [-0.39, 0.29) is 0 Å². The Morgan fingerprint density at radius 2 is 1.92 bits per heavy atom. The van der Waals surface area contributed by atoms with Crippen LogP contribution in [-0.4, -0.2) is 30.1 Å². The van der Waals surface area contributed by atoms with Gasteiger partial charge in [0.25, 0.3) is 0 Å². The average molecular weight is 181 g/mol. The third-order valence-corrected chi connectivity index (χ3v) is 2.03. The van der Waals surface area contributed by atoms with Crippen LogP contribution in [0, 0.1) is 5.92 Å². The molecule has 0 radical (unpaired) electrons. The molecule has 1 atom stereocenters. The fraction of sp³-hybridized carbons (Fsp3) is 0.857. The predicted molar refractivity (Wildman–Crippen MR) is 36.4 cm³/mol. The molecule has 5 heteroatoms. The van der Waals surface area contributed by atoms with Gasteiger partial charge in [-0.05, 0) is 13.3 Å². The van der Waals surface area contributed by atoms with Crippen LogP contribution in [0.25, 0.3) is 0 Å². The summed E-state index contributed by atoms with van der Waals surface area (Å²) in [6.45, 7) is 1.85. The molecular formula is C7H10F3NO. The summed E-state index contributed by atoms with van der Waals surface area (Å²) in [6.07, 6.45) is -3.58. The molecule has 1 fully saturated rings. The van der Waals surface area contributed by atoms with Gasteiger partial charge in [-0.2, -0.15) is 13.2 Å². The largest absolute Gasteiger partial charge is 0.400 e. The number of alkyl halides is 3. The average Bonchev–Trinajstić information content (AvgIpc) is 1.79. The van der Waals surface area contributed by atoms with Crippen LogP contribution in [0.1, 0.15) is 13.3 Å². The minimum atomic E-state index is -4.40. The van der Waals surface area contributed by atoms with Crippen LogP contribution in [0.2, 0.25) is 0 Å². The van der Waals surface area contributed by atoms with Gasteiger partial charge >= 0.3 is 6.18 Å². The lowest BCUT2D eigenvalue weighted by atomic mass is 10.1. The Kier molecular flexibility index (Phi) is 2.30. The summed E-state index contributed by atoms with van der Waals surface area (Å²) in [5, 5.41) is 0. The van der Waals surface area contributed by atoms with Crippen molar-refractivity contribution in [3.8, 4) is 0 Å². The SMILES string of the molecule is CC(C(=O)N1CCC1)C(F)(F)F. The topological polar surface area (TPSA) is 20.3 Å². The van der Waals surface area contributed by atoms with E-state index in [0.717, 1.165) is 13.3 Å². The van der Waals surface area contributed by atoms with E-state index in [2.05, 4.69) is 0 Å². The van der Waals surface area contributed by atoms with Crippen molar-refractivity contribution in [3.05, 3.63) is 0 Å². The first-order chi connectivity index (χ1) is 5.43. The molecule has 70 valence electrons. The molecule has 0 aromatic heterocycles. The number of nitrogens with zero attached hydrogens (tertiary/aromatic N) is 1. The fourth-order valence-corrected chi connectivity index (χ4v) is 0.950. The maximum atomic E-state index is 12.0. The number of rotatable bonds is 1. The Bertz CT molecular complexity index is 186. The van der Waals surface area contributed by atoms with Gasteiger partial charge in [-0.3, -0.25) is 4.79 Å². The van der Waals surface area contributed by atoms with Gasteiger partial charge in [-0.25, -0.2) is 0 Å². The van der Waals surface area contributed by atoms with Crippen molar-refractivity contribution in [3.63, 3.8) is 0 Å². The lowest BCUT2D eigenvalue weighted by Crippen LogP contribution is -2.47. The van der Waals surface area contributed by atoms with Crippen molar-refractivity contribution in [2.24, 2.45) is 5.92 Å². The normalized spacial score (nSPS) is 20.2. The summed E-state index contributed by atoms with van der Waals surface area (Å²) in [5.41, 5.74) is 0. The minimum Gasteiger partial charge on any atom is -0.342 e. The van der Waals surface area contributed by atoms with Crippen molar-refractivity contribution in [1.29, 1.82) is 0 Å². The second kappa shape index (κ2) is 2.95. The van der Waals surface area contributed by atoms with Gasteiger partial charge in [0.2, 0.25) is 5.91 Å². The molecule has 0 saturated carbocycles. The van der Waals surface area contributed by atoms with E-state index in [1.54, 1.807) is 0 Å². The quantitative estimate of drug-likeness (QED) is 0.599. The smallest absolute Gasteiger partial charge is 0.342 e. The van der Waals surface area contributed by atoms with Crippen molar-refractivity contribution >= 4 is 5.91 Å². The third kappa shape index (κ3) is 1.70. The standard InChI is InChI=1S/C7H10F3NO/c1-5(7(8,9)10)6(12)11-3-2-4-11/h5H,2-4H2,1H3. The lowest BCUT2D eigenvalue weighted by Gasteiger charge is -2.33. The highest BCUT2D eigenvalue weighted by Gasteiger charge is 2.43. The number of hydrogen-bond acceptors (Lipinski definition) is 1. The van der Waals surface area contributed by atoms with Crippen LogP contribution in [-0.2, 0) is 4.79 Å². The molecule has 0 aromatic rings. The van der Waals surface area contributed by atoms with Gasteiger partial charge in [0.15, 0.2) is 0 Å². The van der Waals surface area contributed by atoms with Crippen LogP contribution in [0.4, 0.5) is 13.2 Å². The van der Waals surface area contributed by atoms with Crippen LogP contribution in [0.15, 0.2) is 0 Å². The summed E-state index contributed by atoms with van der Waals surface area (Å²) in [5.74, 6) is -2.65. The van der Waals surface area contributed by atoms with Crippen LogP contribution in [0.3, 0.4) is 0 Å². The van der Waals surface area contributed by atoms with Gasteiger partial charge in [-0.15, -0.1) is 0 Å². The monoisotopic (exact) mass is 181 g/mol. The molecule has 1 saturated heterocycles. The van der Waals surface area contributed by atoms with E-state index in [9.17, 15) is 18.0 Å². The summed E-state index contributed by atoms with van der Waals surface area (Å²) in [4.78, 5) is 12.2. The zero-order chi connectivity index (χ0) is 9.35. The number of carbonyl (C=O) groups excluding carboxylic acids is 1. The van der Waals surface area contributed by atoms with Crippen LogP contribution >= 0.6 is 0 Å². The maximum Gasteiger partial charge on any atom is 0.400 e. The molecule has 1 aliphatic rings. The fourth-order valence-electron chi connectivity index (χ4n) is 0.950. The molecule has 0 aromatic carbocycles. The Labute approximate surface area is 68.3 Å². The summed E-state index contributed by atoms with van der Waals surface area (Å²) in [6, 6.07) is 0. The zero-order valence-corrected chi connectivity index (χ0v) is 6.69. The Balaban J connectivity index is 2.51. The van der Waals surface area contributed by atoms with Gasteiger partial charge in [0.05, 0.1) is 0 Å². The highest BCUT2D eigenvalue weighted by atomic mass is 19.4. The summed E-state index contributed by atoms with van der Waals surface area (Å²) in [7, 11) is 0. The van der Waals surface area contributed by atoms with Crippen molar-refractivity contribution in [2.45, 2.75) is 19.5 Å². The molecule has 0 N–H and O–H groups in total. The van der Waals surface area contributed by atoms with Crippen LogP contribution in [0.5, 0.6) is 0 Å². The molecule has 1 unspecified atom stereocenters. The minimum absolute atomic E-state index is 0.471. The molecule has 1 amide bonds. The van der Waals surface area contributed by atoms with E-state index in [0.29, 0.717) is 13.1 Å². The van der Waals surface area contributed by atoms with Gasteiger partial charge in [0, 0.05) is 13.1 Å². The van der Waals surface area contributed by atoms with Crippen molar-refractivity contribution < 1.29 is 18.0 Å². The van der Waals surface area contributed by atoms with Crippen molar-refractivity contribution in [1.82, 2.24) is 4.90 Å². The number of amides is 1. The summed E-state index contributed by atoms with van der Waals surface area (Å²) >= 11 is 0. The Morgan fingerprint density at radius 1 is 1.42 bits per heavy atom. The van der Waals surface area contributed by atoms with E-state index >= 15 is 0 Å². The number of hydrogen-bond donors (Lipinski definition) is 0. The van der Waals surface area contributed by atoms with Gasteiger partial charge in [-0.1, -0.05) is 0 Å². The molecule has 0 spiro atoms. The molecule has 12 heavy (non-hydrogen) atoms. The van der Waals surface area contributed by atoms with Gasteiger partial charge in [0.1, 0.15) is 5.92 Å². The first kappa shape index (κ1) is 9.35. The van der Waals surface area contributed by atoms with E-state index in [4.69, 9.17) is 0 Å². The van der Waals surface area contributed by atoms with E-state index in [1.165, 1.54) is 4.90 Å². The zero-order valence-electron chi connectivity index (χ0n) is 6.69. The second-order valence-electron chi connectivity index (χ2n) is 2.94. The molecule has 1 aliphatic heterocycles. The number of halogens is 3. The molecule has 1 rings (SSSR count). The molecule has 0 bridgehead atoms. The maximum absolute atomic E-state index is 12.0. The highest BCUT2D eigenvalue weighted by molar-refractivity contribution is 5.79. The molecule has 0 aliphatic carbocycles. The molecule has 2 nitrogen and oxygen atoms in total. The van der Waals surface area contributed by atoms with Crippen LogP contribution < -0.4 is 0 Å². The van der Waals surface area contributed by atoms with Crippen molar-refractivity contribution in [2.75, 3.05) is 13.1 Å². The van der Waals surface area contributed by atoms with E-state index in [1.807, 2.05) is 0 Å². The Hall–Kier alpha value is -0.740. The first-order valence-corrected chi connectivity index (χ1v) is 3.78. The van der Waals surface area contributed by atoms with E-state index < -0.39 is 18.0 Å². The lowest BCUT2D eigenvalue weighted by molar-refractivity contribution is -0.187. The predicted octanol–water partition coefficient (Wildman–Crippen LogP) is 1.42. The summed E-state index contributed by atoms with van der Waals surface area (Å²) < 4.78 is 35.9. The highest BCUT2D eigenvalue weighted by Crippen LogP contribution is 2.28. The number of carbonyl (C=O) groups is 1. The third-order valence-electron chi connectivity index (χ3n) is 2.03.